The number of rotatable bonds is 6. The van der Waals surface area contributed by atoms with Gasteiger partial charge in [-0.05, 0) is 31.3 Å². The van der Waals surface area contributed by atoms with Gasteiger partial charge in [0.15, 0.2) is 10.8 Å². The summed E-state index contributed by atoms with van der Waals surface area (Å²) in [5.74, 6) is -0.638. The molecule has 0 amide bonds. The highest BCUT2D eigenvalue weighted by Gasteiger charge is 2.20. The smallest absolute Gasteiger partial charge is 0.357 e. The second-order valence-corrected chi connectivity index (χ2v) is 5.22. The van der Waals surface area contributed by atoms with Crippen LogP contribution in [0.4, 0.5) is 0 Å². The first-order valence-electron chi connectivity index (χ1n) is 7.58. The molecule has 2 rings (SSSR count). The van der Waals surface area contributed by atoms with E-state index in [0.717, 1.165) is 0 Å². The summed E-state index contributed by atoms with van der Waals surface area (Å²) in [6.07, 6.45) is 2.88. The molecular formula is C17H18N4O3S. The van der Waals surface area contributed by atoms with E-state index in [1.54, 1.807) is 37.3 Å². The molecule has 0 fully saturated rings. The number of hydrogen-bond acceptors (Lipinski definition) is 4. The molecule has 2 aromatic rings. The molecule has 1 aromatic heterocycles. The van der Waals surface area contributed by atoms with Gasteiger partial charge in [0, 0.05) is 12.8 Å². The molecule has 0 unspecified atom stereocenters. The van der Waals surface area contributed by atoms with E-state index in [4.69, 9.17) is 17.0 Å². The Morgan fingerprint density at radius 2 is 2.16 bits per heavy atom. The van der Waals surface area contributed by atoms with Gasteiger partial charge >= 0.3 is 5.97 Å². The highest BCUT2D eigenvalue weighted by atomic mass is 32.1. The van der Waals surface area contributed by atoms with Crippen LogP contribution in [-0.2, 0) is 4.74 Å². The van der Waals surface area contributed by atoms with E-state index < -0.39 is 11.5 Å². The second-order valence-electron chi connectivity index (χ2n) is 4.83. The Bertz CT molecular complexity index is 853. The van der Waals surface area contributed by atoms with Crippen molar-refractivity contribution in [3.63, 3.8) is 0 Å². The van der Waals surface area contributed by atoms with Crippen molar-refractivity contribution < 1.29 is 9.53 Å². The van der Waals surface area contributed by atoms with Crippen LogP contribution in [0.5, 0.6) is 0 Å². The van der Waals surface area contributed by atoms with E-state index in [0.29, 0.717) is 12.2 Å². The zero-order valence-corrected chi connectivity index (χ0v) is 14.5. The molecule has 0 radical (unpaired) electrons. The maximum atomic E-state index is 12.7. The number of aliphatic imine (C=N–C) groups is 1. The van der Waals surface area contributed by atoms with Crippen LogP contribution in [0, 0.1) is 0 Å². The number of ether oxygens (including phenoxy) is 1. The lowest BCUT2D eigenvalue weighted by Gasteiger charge is -2.01. The van der Waals surface area contributed by atoms with Gasteiger partial charge in [0.25, 0.3) is 5.56 Å². The summed E-state index contributed by atoms with van der Waals surface area (Å²) in [6, 6.07) is 8.88. The fraction of sp³-hybridized carbons (Fsp3) is 0.176. The summed E-state index contributed by atoms with van der Waals surface area (Å²) >= 11 is 5.03. The molecule has 0 spiro atoms. The monoisotopic (exact) mass is 358 g/mol. The van der Waals surface area contributed by atoms with Crippen molar-refractivity contribution in [1.29, 1.82) is 0 Å². The zero-order valence-electron chi connectivity index (χ0n) is 13.7. The highest BCUT2D eigenvalue weighted by Crippen LogP contribution is 2.08. The van der Waals surface area contributed by atoms with Crippen LogP contribution in [0.1, 0.15) is 23.0 Å². The Kier molecular flexibility index (Phi) is 6.41. The molecule has 2 N–H and O–H groups in total. The molecule has 0 aliphatic heterocycles. The maximum absolute atomic E-state index is 12.7. The summed E-state index contributed by atoms with van der Waals surface area (Å²) in [7, 11) is 0. The van der Waals surface area contributed by atoms with Crippen LogP contribution in [0.3, 0.4) is 0 Å². The zero-order chi connectivity index (χ0) is 18.2. The Morgan fingerprint density at radius 1 is 1.44 bits per heavy atom. The van der Waals surface area contributed by atoms with E-state index in [9.17, 15) is 9.59 Å². The topological polar surface area (TPSA) is 88.5 Å². The van der Waals surface area contributed by atoms with Gasteiger partial charge in [-0.1, -0.05) is 24.3 Å². The third-order valence-corrected chi connectivity index (χ3v) is 3.38. The van der Waals surface area contributed by atoms with E-state index in [1.807, 2.05) is 6.07 Å². The Morgan fingerprint density at radius 3 is 2.80 bits per heavy atom. The fourth-order valence-corrected chi connectivity index (χ4v) is 2.15. The molecule has 25 heavy (non-hydrogen) atoms. The van der Waals surface area contributed by atoms with Gasteiger partial charge in [0.1, 0.15) is 0 Å². The number of aromatic nitrogens is 2. The lowest BCUT2D eigenvalue weighted by molar-refractivity contribution is 0.0519. The van der Waals surface area contributed by atoms with Crippen molar-refractivity contribution in [3.8, 4) is 5.69 Å². The molecule has 130 valence electrons. The minimum atomic E-state index is -0.638. The minimum Gasteiger partial charge on any atom is -0.461 e. The van der Waals surface area contributed by atoms with Crippen LogP contribution in [0.2, 0.25) is 0 Å². The number of nitrogens with zero attached hydrogens (tertiary/aromatic N) is 2. The summed E-state index contributed by atoms with van der Waals surface area (Å²) in [6.45, 7) is 5.89. The number of esters is 1. The summed E-state index contributed by atoms with van der Waals surface area (Å²) in [4.78, 5) is 28.8. The van der Waals surface area contributed by atoms with E-state index >= 15 is 0 Å². The van der Waals surface area contributed by atoms with Crippen LogP contribution < -0.4 is 10.9 Å². The van der Waals surface area contributed by atoms with Crippen molar-refractivity contribution in [2.45, 2.75) is 6.92 Å². The fourth-order valence-electron chi connectivity index (χ4n) is 2.02. The van der Waals surface area contributed by atoms with Crippen molar-refractivity contribution in [2.75, 3.05) is 13.2 Å². The predicted molar refractivity (Wildman–Crippen MR) is 101 cm³/mol. The number of para-hydroxylation sites is 1. The maximum Gasteiger partial charge on any atom is 0.357 e. The number of carbonyl (C=O) groups is 1. The van der Waals surface area contributed by atoms with Crippen molar-refractivity contribution >= 4 is 29.5 Å². The van der Waals surface area contributed by atoms with Gasteiger partial charge in [-0.15, -0.1) is 6.58 Å². The first-order valence-corrected chi connectivity index (χ1v) is 7.99. The van der Waals surface area contributed by atoms with Crippen molar-refractivity contribution in [2.24, 2.45) is 4.99 Å². The van der Waals surface area contributed by atoms with Gasteiger partial charge in [0.2, 0.25) is 0 Å². The summed E-state index contributed by atoms with van der Waals surface area (Å²) in [5.41, 5.74) is 0.255. The number of H-pyrrole nitrogens is 1. The molecule has 0 saturated heterocycles. The molecule has 0 atom stereocenters. The van der Waals surface area contributed by atoms with Crippen molar-refractivity contribution in [3.05, 3.63) is 64.6 Å². The molecule has 1 heterocycles. The minimum absolute atomic E-state index is 0.0194. The lowest BCUT2D eigenvalue weighted by Crippen LogP contribution is -2.21. The SMILES string of the molecule is C=CCNC(=S)/N=C/c1c(C(=O)OCC)[nH]n(-c2ccccc2)c1=O. The standard InChI is InChI=1S/C17H18N4O3S/c1-3-10-18-17(25)19-11-13-14(16(23)24-4-2)20-21(15(13)22)12-8-6-5-7-9-12/h3,5-9,11,20H,1,4,10H2,2H3,(H,18,25)/b19-11+. The van der Waals surface area contributed by atoms with Crippen LogP contribution in [0.25, 0.3) is 5.69 Å². The molecule has 0 bridgehead atoms. The molecule has 1 aromatic carbocycles. The van der Waals surface area contributed by atoms with E-state index in [-0.39, 0.29) is 23.0 Å². The number of benzene rings is 1. The van der Waals surface area contributed by atoms with E-state index in [1.165, 1.54) is 10.9 Å². The largest absolute Gasteiger partial charge is 0.461 e. The lowest BCUT2D eigenvalue weighted by atomic mass is 10.2. The average molecular weight is 358 g/mol. The summed E-state index contributed by atoms with van der Waals surface area (Å²) < 4.78 is 6.26. The van der Waals surface area contributed by atoms with Crippen molar-refractivity contribution in [1.82, 2.24) is 15.1 Å². The Labute approximate surface area is 150 Å². The van der Waals surface area contributed by atoms with Gasteiger partial charge in [-0.3, -0.25) is 9.89 Å². The third kappa shape index (κ3) is 4.51. The number of carbonyl (C=O) groups excluding carboxylic acids is 1. The number of hydrogen-bond donors (Lipinski definition) is 2. The average Bonchev–Trinajstić information content (AvgIpc) is 2.95. The van der Waals surface area contributed by atoms with Gasteiger partial charge in [0.05, 0.1) is 17.9 Å². The third-order valence-electron chi connectivity index (χ3n) is 3.13. The number of aromatic amines is 1. The second kappa shape index (κ2) is 8.74. The molecular weight excluding hydrogens is 340 g/mol. The normalized spacial score (nSPS) is 10.6. The molecule has 7 nitrogen and oxygen atoms in total. The molecule has 0 aliphatic rings. The summed E-state index contributed by atoms with van der Waals surface area (Å²) in [5, 5.41) is 5.77. The first kappa shape index (κ1) is 18.3. The van der Waals surface area contributed by atoms with Gasteiger partial charge < -0.3 is 10.1 Å². The number of nitrogens with one attached hydrogen (secondary N) is 2. The molecule has 0 aliphatic carbocycles. The molecule has 0 saturated carbocycles. The first-order chi connectivity index (χ1) is 12.1. The quantitative estimate of drug-likeness (QED) is 0.356. The predicted octanol–water partition coefficient (Wildman–Crippen LogP) is 1.82. The van der Waals surface area contributed by atoms with Gasteiger partial charge in [-0.25, -0.2) is 14.5 Å². The Balaban J connectivity index is 2.45. The Hall–Kier alpha value is -3.00. The number of thiocarbonyl (C=S) groups is 1. The van der Waals surface area contributed by atoms with Gasteiger partial charge in [-0.2, -0.15) is 0 Å². The van der Waals surface area contributed by atoms with E-state index in [2.05, 4.69) is 22.0 Å². The molecule has 8 heteroatoms. The van der Waals surface area contributed by atoms with Crippen LogP contribution in [0.15, 0.2) is 52.8 Å². The highest BCUT2D eigenvalue weighted by molar-refractivity contribution is 7.80. The van der Waals surface area contributed by atoms with Crippen LogP contribution >= 0.6 is 12.2 Å². The van der Waals surface area contributed by atoms with Crippen LogP contribution in [-0.4, -0.2) is 40.2 Å².